The third-order valence-electron chi connectivity index (χ3n) is 2.01. The molecule has 1 aromatic rings. The molecular formula is C10H8F2N2O3. The van der Waals surface area contributed by atoms with Crippen LogP contribution in [0.3, 0.4) is 0 Å². The number of carbonyl (C=O) groups is 1. The van der Waals surface area contributed by atoms with Crippen molar-refractivity contribution in [3.8, 4) is 11.9 Å². The Morgan fingerprint density at radius 1 is 1.53 bits per heavy atom. The smallest absolute Gasteiger partial charge is 0.340 e. The van der Waals surface area contributed by atoms with Gasteiger partial charge in [0.15, 0.2) is 0 Å². The van der Waals surface area contributed by atoms with E-state index in [-0.39, 0.29) is 11.4 Å². The fourth-order valence-corrected chi connectivity index (χ4v) is 1.26. The summed E-state index contributed by atoms with van der Waals surface area (Å²) in [6.45, 7) is 0. The van der Waals surface area contributed by atoms with Gasteiger partial charge in [0, 0.05) is 6.20 Å². The summed E-state index contributed by atoms with van der Waals surface area (Å²) in [5.74, 6) is -1.29. The lowest BCUT2D eigenvalue weighted by atomic mass is 10.1. The van der Waals surface area contributed by atoms with Crippen molar-refractivity contribution in [2.45, 2.75) is 6.43 Å². The Balaban J connectivity index is 3.53. The minimum Gasteiger partial charge on any atom is -0.481 e. The van der Waals surface area contributed by atoms with Gasteiger partial charge < -0.3 is 9.47 Å². The quantitative estimate of drug-likeness (QED) is 0.754. The van der Waals surface area contributed by atoms with E-state index >= 15 is 0 Å². The number of carbonyl (C=O) groups excluding carboxylic acids is 1. The molecule has 5 nitrogen and oxygen atoms in total. The third-order valence-corrected chi connectivity index (χ3v) is 2.01. The van der Waals surface area contributed by atoms with Crippen LogP contribution in [0.5, 0.6) is 5.88 Å². The highest BCUT2D eigenvalue weighted by Gasteiger charge is 2.26. The number of rotatable bonds is 3. The topological polar surface area (TPSA) is 72.2 Å². The highest BCUT2D eigenvalue weighted by atomic mass is 19.3. The van der Waals surface area contributed by atoms with E-state index in [0.717, 1.165) is 20.4 Å². The van der Waals surface area contributed by atoms with E-state index in [1.54, 1.807) is 0 Å². The summed E-state index contributed by atoms with van der Waals surface area (Å²) in [6, 6.07) is 1.53. The maximum atomic E-state index is 12.8. The van der Waals surface area contributed by atoms with E-state index in [1.807, 2.05) is 0 Å². The highest BCUT2D eigenvalue weighted by Crippen LogP contribution is 2.32. The number of nitrogens with zero attached hydrogens (tertiary/aromatic N) is 2. The Morgan fingerprint density at radius 3 is 2.59 bits per heavy atom. The number of alkyl halides is 2. The molecule has 0 aliphatic carbocycles. The van der Waals surface area contributed by atoms with Gasteiger partial charge in [-0.2, -0.15) is 5.26 Å². The zero-order valence-electron chi connectivity index (χ0n) is 9.03. The van der Waals surface area contributed by atoms with Gasteiger partial charge in [0.1, 0.15) is 6.07 Å². The Kier molecular flexibility index (Phi) is 3.93. The summed E-state index contributed by atoms with van der Waals surface area (Å²) in [7, 11) is 2.23. The molecule has 0 bridgehead atoms. The molecule has 0 aliphatic heterocycles. The van der Waals surface area contributed by atoms with Crippen LogP contribution in [0.4, 0.5) is 8.78 Å². The molecule has 0 fully saturated rings. The Morgan fingerprint density at radius 2 is 2.18 bits per heavy atom. The number of hydrogen-bond donors (Lipinski definition) is 0. The lowest BCUT2D eigenvalue weighted by Gasteiger charge is -2.10. The van der Waals surface area contributed by atoms with Crippen LogP contribution >= 0.6 is 0 Å². The largest absolute Gasteiger partial charge is 0.481 e. The number of halogens is 2. The molecule has 0 radical (unpaired) electrons. The minimum absolute atomic E-state index is 0.314. The van der Waals surface area contributed by atoms with Gasteiger partial charge in [-0.15, -0.1) is 0 Å². The fourth-order valence-electron chi connectivity index (χ4n) is 1.26. The number of pyridine rings is 1. The summed E-state index contributed by atoms with van der Waals surface area (Å²) < 4.78 is 34.6. The van der Waals surface area contributed by atoms with Crippen LogP contribution in [-0.2, 0) is 4.74 Å². The van der Waals surface area contributed by atoms with E-state index in [9.17, 15) is 13.6 Å². The predicted octanol–water partition coefficient (Wildman–Crippen LogP) is 1.69. The van der Waals surface area contributed by atoms with Crippen molar-refractivity contribution in [1.82, 2.24) is 4.98 Å². The van der Waals surface area contributed by atoms with Crippen molar-refractivity contribution in [3.63, 3.8) is 0 Å². The number of esters is 1. The summed E-state index contributed by atoms with van der Waals surface area (Å²) in [5.41, 5.74) is -1.51. The van der Waals surface area contributed by atoms with Gasteiger partial charge in [-0.3, -0.25) is 0 Å². The predicted molar refractivity (Wildman–Crippen MR) is 51.8 cm³/mol. The summed E-state index contributed by atoms with van der Waals surface area (Å²) >= 11 is 0. The maximum absolute atomic E-state index is 12.8. The van der Waals surface area contributed by atoms with Crippen LogP contribution in [0.2, 0.25) is 0 Å². The molecule has 0 saturated heterocycles. The van der Waals surface area contributed by atoms with Gasteiger partial charge in [-0.25, -0.2) is 18.6 Å². The first kappa shape index (κ1) is 12.8. The van der Waals surface area contributed by atoms with Gasteiger partial charge in [-0.1, -0.05) is 0 Å². The molecule has 1 aromatic heterocycles. The molecule has 0 spiro atoms. The molecule has 1 rings (SSSR count). The lowest BCUT2D eigenvalue weighted by Crippen LogP contribution is -2.09. The number of methoxy groups -OCH3 is 2. The first-order valence-corrected chi connectivity index (χ1v) is 4.40. The number of nitriles is 1. The standard InChI is InChI=1S/C10H8F2N2O3/c1-16-9-7(8(11)12)5(3-13)6(4-14-9)10(15)17-2/h4,8H,1-2H3. The second-order valence-corrected chi connectivity index (χ2v) is 2.87. The van der Waals surface area contributed by atoms with Crippen molar-refractivity contribution in [2.24, 2.45) is 0 Å². The zero-order chi connectivity index (χ0) is 13.0. The maximum Gasteiger partial charge on any atom is 0.340 e. The molecule has 7 heteroatoms. The molecule has 0 atom stereocenters. The molecular weight excluding hydrogens is 234 g/mol. The van der Waals surface area contributed by atoms with Gasteiger partial charge in [0.2, 0.25) is 5.88 Å². The van der Waals surface area contributed by atoms with Gasteiger partial charge >= 0.3 is 5.97 Å². The lowest BCUT2D eigenvalue weighted by molar-refractivity contribution is 0.0599. The molecule has 90 valence electrons. The van der Waals surface area contributed by atoms with Gasteiger partial charge in [0.05, 0.1) is 30.9 Å². The summed E-state index contributed by atoms with van der Waals surface area (Å²) in [6.07, 6.45) is -2.01. The van der Waals surface area contributed by atoms with Crippen molar-refractivity contribution in [1.29, 1.82) is 5.26 Å². The number of hydrogen-bond acceptors (Lipinski definition) is 5. The van der Waals surface area contributed by atoms with E-state index in [4.69, 9.17) is 5.26 Å². The Labute approximate surface area is 95.6 Å². The first-order chi connectivity index (χ1) is 8.06. The molecule has 17 heavy (non-hydrogen) atoms. The minimum atomic E-state index is -2.98. The van der Waals surface area contributed by atoms with Crippen LogP contribution in [0, 0.1) is 11.3 Å². The second kappa shape index (κ2) is 5.21. The molecule has 0 saturated carbocycles. The van der Waals surface area contributed by atoms with E-state index < -0.39 is 23.5 Å². The Bertz CT molecular complexity index is 483. The van der Waals surface area contributed by atoms with Crippen LogP contribution in [0.15, 0.2) is 6.20 Å². The zero-order valence-corrected chi connectivity index (χ0v) is 9.03. The normalized spacial score (nSPS) is 9.88. The van der Waals surface area contributed by atoms with Gasteiger partial charge in [-0.05, 0) is 0 Å². The molecule has 0 amide bonds. The van der Waals surface area contributed by atoms with Crippen molar-refractivity contribution in [2.75, 3.05) is 14.2 Å². The average Bonchev–Trinajstić information content (AvgIpc) is 2.35. The number of aromatic nitrogens is 1. The molecule has 0 unspecified atom stereocenters. The second-order valence-electron chi connectivity index (χ2n) is 2.87. The van der Waals surface area contributed by atoms with E-state index in [2.05, 4.69) is 14.5 Å². The first-order valence-electron chi connectivity index (χ1n) is 4.40. The Hall–Kier alpha value is -2.23. The van der Waals surface area contributed by atoms with Crippen LogP contribution in [0.1, 0.15) is 27.9 Å². The summed E-state index contributed by atoms with van der Waals surface area (Å²) in [5, 5.41) is 8.84. The monoisotopic (exact) mass is 242 g/mol. The van der Waals surface area contributed by atoms with Crippen molar-refractivity contribution < 1.29 is 23.0 Å². The van der Waals surface area contributed by atoms with Crippen LogP contribution in [-0.4, -0.2) is 25.2 Å². The average molecular weight is 242 g/mol. The molecule has 0 N–H and O–H groups in total. The van der Waals surface area contributed by atoms with Crippen LogP contribution in [0.25, 0.3) is 0 Å². The molecule has 0 aliphatic rings. The number of ether oxygens (including phenoxy) is 2. The fraction of sp³-hybridized carbons (Fsp3) is 0.300. The third kappa shape index (κ3) is 2.30. The van der Waals surface area contributed by atoms with Crippen molar-refractivity contribution in [3.05, 3.63) is 22.9 Å². The molecule has 1 heterocycles. The van der Waals surface area contributed by atoms with E-state index in [0.29, 0.717) is 0 Å². The van der Waals surface area contributed by atoms with Crippen molar-refractivity contribution >= 4 is 5.97 Å². The van der Waals surface area contributed by atoms with Gasteiger partial charge in [0.25, 0.3) is 6.43 Å². The highest BCUT2D eigenvalue weighted by molar-refractivity contribution is 5.92. The summed E-state index contributed by atoms with van der Waals surface area (Å²) in [4.78, 5) is 14.8. The molecule has 0 aromatic carbocycles. The van der Waals surface area contributed by atoms with Crippen LogP contribution < -0.4 is 4.74 Å². The van der Waals surface area contributed by atoms with E-state index in [1.165, 1.54) is 6.07 Å². The SMILES string of the molecule is COC(=O)c1cnc(OC)c(C(F)F)c1C#N.